The predicted octanol–water partition coefficient (Wildman–Crippen LogP) is 4.87. The molecular formula is C22H25FN4O. The second kappa shape index (κ2) is 7.00. The highest BCUT2D eigenvalue weighted by molar-refractivity contribution is 6.13. The summed E-state index contributed by atoms with van der Waals surface area (Å²) < 4.78 is 15.7. The first-order valence-electron chi connectivity index (χ1n) is 9.85. The first kappa shape index (κ1) is 18.6. The van der Waals surface area contributed by atoms with Crippen LogP contribution >= 0.6 is 0 Å². The first-order chi connectivity index (χ1) is 13.4. The standard InChI is InChI=1S/C22H25FN4O/c1-13(2)19-11-17(18-12-24-27(14(3)4)21(18)25-19)22(28)26-9-5-6-15-7-8-16(23)10-20(15)26/h7-8,10-14H,5-6,9H2,1-4H3. The molecule has 3 heterocycles. The Morgan fingerprint density at radius 3 is 2.68 bits per heavy atom. The molecule has 0 atom stereocenters. The average molecular weight is 380 g/mol. The van der Waals surface area contributed by atoms with Gasteiger partial charge in [0.2, 0.25) is 0 Å². The predicted molar refractivity (Wildman–Crippen MR) is 108 cm³/mol. The van der Waals surface area contributed by atoms with Crippen LogP contribution in [0, 0.1) is 5.82 Å². The van der Waals surface area contributed by atoms with Gasteiger partial charge in [0.05, 0.1) is 22.8 Å². The van der Waals surface area contributed by atoms with Crippen LogP contribution in [0.25, 0.3) is 11.0 Å². The number of aromatic nitrogens is 3. The van der Waals surface area contributed by atoms with Crippen molar-refractivity contribution in [1.29, 1.82) is 0 Å². The molecule has 2 aromatic heterocycles. The molecule has 0 N–H and O–H groups in total. The molecule has 0 bridgehead atoms. The molecule has 0 saturated carbocycles. The molecule has 0 aliphatic carbocycles. The maximum atomic E-state index is 13.9. The van der Waals surface area contributed by atoms with Gasteiger partial charge >= 0.3 is 0 Å². The number of carbonyl (C=O) groups excluding carboxylic acids is 1. The Morgan fingerprint density at radius 1 is 1.18 bits per heavy atom. The highest BCUT2D eigenvalue weighted by Gasteiger charge is 2.27. The van der Waals surface area contributed by atoms with E-state index in [1.54, 1.807) is 17.2 Å². The Balaban J connectivity index is 1.88. The van der Waals surface area contributed by atoms with Gasteiger partial charge in [-0.3, -0.25) is 4.79 Å². The minimum absolute atomic E-state index is 0.121. The number of carbonyl (C=O) groups is 1. The Labute approximate surface area is 164 Å². The molecule has 0 radical (unpaired) electrons. The number of aryl methyl sites for hydroxylation is 1. The van der Waals surface area contributed by atoms with Gasteiger partial charge in [-0.05, 0) is 56.4 Å². The second-order valence-corrected chi connectivity index (χ2v) is 8.00. The molecule has 1 aliphatic rings. The van der Waals surface area contributed by atoms with Gasteiger partial charge in [-0.2, -0.15) is 5.10 Å². The average Bonchev–Trinajstić information content (AvgIpc) is 3.10. The van der Waals surface area contributed by atoms with Gasteiger partial charge in [0.1, 0.15) is 5.82 Å². The number of halogens is 1. The summed E-state index contributed by atoms with van der Waals surface area (Å²) in [6.07, 6.45) is 3.44. The van der Waals surface area contributed by atoms with Crippen LogP contribution in [0.3, 0.4) is 0 Å². The normalized spacial score (nSPS) is 14.2. The van der Waals surface area contributed by atoms with Crippen LogP contribution in [0.5, 0.6) is 0 Å². The van der Waals surface area contributed by atoms with Gasteiger partial charge in [0, 0.05) is 18.3 Å². The zero-order valence-corrected chi connectivity index (χ0v) is 16.7. The minimum Gasteiger partial charge on any atom is -0.308 e. The van der Waals surface area contributed by atoms with E-state index < -0.39 is 0 Å². The number of pyridine rings is 1. The third-order valence-electron chi connectivity index (χ3n) is 5.31. The van der Waals surface area contributed by atoms with E-state index in [1.807, 2.05) is 24.6 Å². The summed E-state index contributed by atoms with van der Waals surface area (Å²) in [4.78, 5) is 20.1. The number of hydrogen-bond acceptors (Lipinski definition) is 3. The van der Waals surface area contributed by atoms with E-state index in [0.29, 0.717) is 17.8 Å². The van der Waals surface area contributed by atoms with Crippen molar-refractivity contribution < 1.29 is 9.18 Å². The van der Waals surface area contributed by atoms with Gasteiger partial charge < -0.3 is 4.90 Å². The molecule has 0 unspecified atom stereocenters. The molecule has 5 nitrogen and oxygen atoms in total. The Hall–Kier alpha value is -2.76. The SMILES string of the molecule is CC(C)c1cc(C(=O)N2CCCc3ccc(F)cc32)c2cnn(C(C)C)c2n1. The fraction of sp³-hybridized carbons (Fsp3) is 0.409. The quantitative estimate of drug-likeness (QED) is 0.651. The van der Waals surface area contributed by atoms with E-state index in [2.05, 4.69) is 18.9 Å². The molecular weight excluding hydrogens is 355 g/mol. The van der Waals surface area contributed by atoms with E-state index in [-0.39, 0.29) is 23.7 Å². The molecule has 0 spiro atoms. The smallest absolute Gasteiger partial charge is 0.259 e. The third-order valence-corrected chi connectivity index (χ3v) is 5.31. The maximum absolute atomic E-state index is 13.9. The largest absolute Gasteiger partial charge is 0.308 e. The van der Waals surface area contributed by atoms with Crippen molar-refractivity contribution >= 4 is 22.6 Å². The van der Waals surface area contributed by atoms with Crippen molar-refractivity contribution in [3.05, 3.63) is 53.1 Å². The lowest BCUT2D eigenvalue weighted by molar-refractivity contribution is 0.0986. The van der Waals surface area contributed by atoms with E-state index in [1.165, 1.54) is 12.1 Å². The summed E-state index contributed by atoms with van der Waals surface area (Å²) in [5, 5.41) is 5.21. The lowest BCUT2D eigenvalue weighted by Crippen LogP contribution is -2.35. The Morgan fingerprint density at radius 2 is 1.96 bits per heavy atom. The van der Waals surface area contributed by atoms with Crippen molar-refractivity contribution in [2.24, 2.45) is 0 Å². The van der Waals surface area contributed by atoms with Crippen LogP contribution in [0.1, 0.15) is 67.7 Å². The lowest BCUT2D eigenvalue weighted by Gasteiger charge is -2.30. The van der Waals surface area contributed by atoms with Crippen molar-refractivity contribution in [3.8, 4) is 0 Å². The third kappa shape index (κ3) is 3.07. The summed E-state index contributed by atoms with van der Waals surface area (Å²) in [5.41, 5.74) is 3.84. The van der Waals surface area contributed by atoms with Crippen molar-refractivity contribution in [3.63, 3.8) is 0 Å². The molecule has 6 heteroatoms. The Kier molecular flexibility index (Phi) is 4.65. The number of anilines is 1. The van der Waals surface area contributed by atoms with Crippen LogP contribution in [-0.2, 0) is 6.42 Å². The molecule has 146 valence electrons. The van der Waals surface area contributed by atoms with Gasteiger partial charge in [-0.15, -0.1) is 0 Å². The number of amides is 1. The molecule has 1 amide bonds. The van der Waals surface area contributed by atoms with Crippen molar-refractivity contribution in [2.75, 3.05) is 11.4 Å². The monoisotopic (exact) mass is 380 g/mol. The topological polar surface area (TPSA) is 51.0 Å². The summed E-state index contributed by atoms with van der Waals surface area (Å²) in [7, 11) is 0. The van der Waals surface area contributed by atoms with Gasteiger partial charge in [0.15, 0.2) is 5.65 Å². The Bertz CT molecular complexity index is 1050. The van der Waals surface area contributed by atoms with E-state index in [0.717, 1.165) is 35.1 Å². The lowest BCUT2D eigenvalue weighted by atomic mass is 9.99. The van der Waals surface area contributed by atoms with Gasteiger partial charge in [-0.25, -0.2) is 14.1 Å². The van der Waals surface area contributed by atoms with E-state index in [4.69, 9.17) is 4.98 Å². The number of hydrogen-bond donors (Lipinski definition) is 0. The number of benzene rings is 1. The van der Waals surface area contributed by atoms with Crippen molar-refractivity contribution in [2.45, 2.75) is 52.5 Å². The summed E-state index contributed by atoms with van der Waals surface area (Å²) in [6.45, 7) is 8.78. The zero-order valence-electron chi connectivity index (χ0n) is 16.7. The first-order valence-corrected chi connectivity index (χ1v) is 9.85. The van der Waals surface area contributed by atoms with Crippen LogP contribution < -0.4 is 4.90 Å². The minimum atomic E-state index is -0.325. The molecule has 0 fully saturated rings. The van der Waals surface area contributed by atoms with E-state index in [9.17, 15) is 9.18 Å². The zero-order chi connectivity index (χ0) is 20.0. The molecule has 1 aromatic carbocycles. The maximum Gasteiger partial charge on any atom is 0.259 e. The fourth-order valence-electron chi connectivity index (χ4n) is 3.79. The van der Waals surface area contributed by atoms with E-state index >= 15 is 0 Å². The summed E-state index contributed by atoms with van der Waals surface area (Å²) in [6, 6.07) is 6.71. The molecule has 3 aromatic rings. The van der Waals surface area contributed by atoms with Gasteiger partial charge in [0.25, 0.3) is 5.91 Å². The molecule has 0 saturated heterocycles. The highest BCUT2D eigenvalue weighted by atomic mass is 19.1. The van der Waals surface area contributed by atoms with Crippen molar-refractivity contribution in [1.82, 2.24) is 14.8 Å². The van der Waals surface area contributed by atoms with Gasteiger partial charge in [-0.1, -0.05) is 19.9 Å². The number of nitrogens with zero attached hydrogens (tertiary/aromatic N) is 4. The molecule has 28 heavy (non-hydrogen) atoms. The van der Waals surface area contributed by atoms with Crippen LogP contribution in [0.4, 0.5) is 10.1 Å². The fourth-order valence-corrected chi connectivity index (χ4v) is 3.79. The molecule has 4 rings (SSSR count). The highest BCUT2D eigenvalue weighted by Crippen LogP contribution is 2.32. The van der Waals surface area contributed by atoms with Crippen LogP contribution in [0.15, 0.2) is 30.5 Å². The molecule has 1 aliphatic heterocycles. The number of rotatable bonds is 3. The number of fused-ring (bicyclic) bond motifs is 2. The second-order valence-electron chi connectivity index (χ2n) is 8.00. The summed E-state index contributed by atoms with van der Waals surface area (Å²) in [5.74, 6) is -0.268. The summed E-state index contributed by atoms with van der Waals surface area (Å²) >= 11 is 0. The van der Waals surface area contributed by atoms with Crippen LogP contribution in [0.2, 0.25) is 0 Å². The van der Waals surface area contributed by atoms with Crippen LogP contribution in [-0.4, -0.2) is 27.2 Å².